The molecule has 0 spiro atoms. The minimum Gasteiger partial charge on any atom is -0.452 e. The molecule has 1 aliphatic heterocycles. The highest BCUT2D eigenvalue weighted by atomic mass is 32.2. The van der Waals surface area contributed by atoms with Crippen molar-refractivity contribution in [2.24, 2.45) is 5.41 Å². The summed E-state index contributed by atoms with van der Waals surface area (Å²) in [5.41, 5.74) is 0.332. The summed E-state index contributed by atoms with van der Waals surface area (Å²) in [5.74, 6) is -0.473. The van der Waals surface area contributed by atoms with Gasteiger partial charge in [0.05, 0.1) is 18.2 Å². The first-order chi connectivity index (χ1) is 13.6. The number of amides is 2. The summed E-state index contributed by atoms with van der Waals surface area (Å²) < 4.78 is 9.24. The molecule has 1 unspecified atom stereocenters. The van der Waals surface area contributed by atoms with E-state index in [4.69, 9.17) is 9.47 Å². The summed E-state index contributed by atoms with van der Waals surface area (Å²) in [7, 11) is 1.23. The van der Waals surface area contributed by atoms with E-state index >= 15 is 0 Å². The molecular weight excluding hydrogens is 390 g/mol. The van der Waals surface area contributed by atoms with Crippen molar-refractivity contribution in [1.82, 2.24) is 0 Å². The third kappa shape index (κ3) is 3.87. The number of ether oxygens (including phenoxy) is 2. The summed E-state index contributed by atoms with van der Waals surface area (Å²) in [6.07, 6.45) is -0.756. The van der Waals surface area contributed by atoms with Crippen LogP contribution in [0.5, 0.6) is 5.75 Å². The number of hydrogen-bond acceptors (Lipinski definition) is 6. The van der Waals surface area contributed by atoms with Gasteiger partial charge in [0.15, 0.2) is 0 Å². The van der Waals surface area contributed by atoms with Gasteiger partial charge in [0.25, 0.3) is 5.91 Å². The number of methoxy groups -OCH3 is 1. The molecule has 0 radical (unpaired) electrons. The third-order valence-electron chi connectivity index (χ3n) is 4.58. The lowest BCUT2D eigenvalue weighted by molar-refractivity contribution is -0.143. The Labute approximate surface area is 174 Å². The predicted octanol–water partition coefficient (Wildman–Crippen LogP) is 4.76. The molecule has 3 rings (SSSR count). The van der Waals surface area contributed by atoms with Gasteiger partial charge in [-0.15, -0.1) is 11.8 Å². The van der Waals surface area contributed by atoms with E-state index < -0.39 is 22.2 Å². The molecule has 0 saturated carbocycles. The van der Waals surface area contributed by atoms with Crippen molar-refractivity contribution in [1.29, 1.82) is 0 Å². The monoisotopic (exact) mass is 413 g/mol. The van der Waals surface area contributed by atoms with Gasteiger partial charge < -0.3 is 9.47 Å². The van der Waals surface area contributed by atoms with Crippen LogP contribution < -0.4 is 9.64 Å². The molecule has 1 aliphatic rings. The lowest BCUT2D eigenvalue weighted by Gasteiger charge is -2.23. The summed E-state index contributed by atoms with van der Waals surface area (Å²) in [6.45, 7) is 7.05. The Balaban J connectivity index is 2.07. The number of carbonyl (C=O) groups is 3. The number of nitrogens with zero attached hydrogens (tertiary/aromatic N) is 1. The summed E-state index contributed by atoms with van der Waals surface area (Å²) in [6, 6.07) is 14.3. The highest BCUT2D eigenvalue weighted by molar-refractivity contribution is 8.01. The number of carbonyl (C=O) groups excluding carboxylic acids is 3. The molecule has 0 aliphatic carbocycles. The van der Waals surface area contributed by atoms with Crippen LogP contribution in [0.2, 0.25) is 0 Å². The molecule has 2 aromatic rings. The van der Waals surface area contributed by atoms with Crippen molar-refractivity contribution in [3.63, 3.8) is 0 Å². The number of benzene rings is 2. The first-order valence-electron chi connectivity index (χ1n) is 9.11. The fourth-order valence-corrected chi connectivity index (χ4v) is 4.17. The second kappa shape index (κ2) is 7.55. The van der Waals surface area contributed by atoms with Gasteiger partial charge in [0, 0.05) is 10.5 Å². The van der Waals surface area contributed by atoms with Crippen LogP contribution in [0.4, 0.5) is 10.5 Å². The van der Waals surface area contributed by atoms with Gasteiger partial charge in [0.2, 0.25) is 0 Å². The van der Waals surface area contributed by atoms with E-state index in [0.717, 1.165) is 9.80 Å². The Morgan fingerprint density at radius 2 is 1.72 bits per heavy atom. The maximum Gasteiger partial charge on any atom is 0.420 e. The summed E-state index contributed by atoms with van der Waals surface area (Å²) >= 11 is 1.33. The zero-order chi connectivity index (χ0) is 21.4. The van der Waals surface area contributed by atoms with E-state index in [1.165, 1.54) is 18.9 Å². The molecule has 152 valence electrons. The Bertz CT molecular complexity index is 967. The second-order valence-electron chi connectivity index (χ2n) is 7.88. The van der Waals surface area contributed by atoms with Crippen LogP contribution in [0, 0.1) is 5.41 Å². The van der Waals surface area contributed by atoms with Crippen LogP contribution >= 0.6 is 11.8 Å². The standard InChI is InChI=1S/C22H23NO5S/c1-21(2,3)19(25)28-14-11-12-17-16(13-14)22(4,18(24)23(17)20(26)27-5)29-15-9-7-6-8-10-15/h6-13H,1-5H3. The van der Waals surface area contributed by atoms with Gasteiger partial charge in [-0.05, 0) is 58.0 Å². The third-order valence-corrected chi connectivity index (χ3v) is 5.89. The van der Waals surface area contributed by atoms with E-state index in [-0.39, 0.29) is 5.97 Å². The lowest BCUT2D eigenvalue weighted by Crippen LogP contribution is -2.40. The minimum absolute atomic E-state index is 0.322. The number of imide groups is 1. The Kier molecular flexibility index (Phi) is 5.45. The largest absolute Gasteiger partial charge is 0.452 e. The van der Waals surface area contributed by atoms with Crippen molar-refractivity contribution in [2.45, 2.75) is 37.3 Å². The normalized spacial score (nSPS) is 18.4. The fourth-order valence-electron chi connectivity index (χ4n) is 2.95. The number of hydrogen-bond donors (Lipinski definition) is 0. The maximum absolute atomic E-state index is 13.3. The SMILES string of the molecule is COC(=O)N1C(=O)C(C)(Sc2ccccc2)c2cc(OC(=O)C(C)(C)C)ccc21. The van der Waals surface area contributed by atoms with E-state index in [2.05, 4.69) is 0 Å². The number of rotatable bonds is 3. The van der Waals surface area contributed by atoms with E-state index in [1.807, 2.05) is 30.3 Å². The molecule has 0 fully saturated rings. The maximum atomic E-state index is 13.3. The summed E-state index contributed by atoms with van der Waals surface area (Å²) in [5, 5.41) is 0. The second-order valence-corrected chi connectivity index (χ2v) is 9.37. The average molecular weight is 413 g/mol. The smallest absolute Gasteiger partial charge is 0.420 e. The summed E-state index contributed by atoms with van der Waals surface area (Å²) in [4.78, 5) is 39.8. The van der Waals surface area contributed by atoms with Gasteiger partial charge >= 0.3 is 12.1 Å². The van der Waals surface area contributed by atoms with Crippen LogP contribution in [-0.2, 0) is 19.1 Å². The van der Waals surface area contributed by atoms with Crippen molar-refractivity contribution in [3.8, 4) is 5.75 Å². The van der Waals surface area contributed by atoms with Crippen LogP contribution in [-0.4, -0.2) is 25.1 Å². The lowest BCUT2D eigenvalue weighted by atomic mass is 9.97. The van der Waals surface area contributed by atoms with E-state index in [1.54, 1.807) is 45.9 Å². The Morgan fingerprint density at radius 1 is 1.07 bits per heavy atom. The number of thioether (sulfide) groups is 1. The topological polar surface area (TPSA) is 72.9 Å². The van der Waals surface area contributed by atoms with Crippen LogP contribution in [0.3, 0.4) is 0 Å². The molecule has 0 bridgehead atoms. The molecule has 7 heteroatoms. The van der Waals surface area contributed by atoms with Crippen LogP contribution in [0.1, 0.15) is 33.3 Å². The van der Waals surface area contributed by atoms with E-state index in [9.17, 15) is 14.4 Å². The van der Waals surface area contributed by atoms with Gasteiger partial charge in [-0.3, -0.25) is 9.59 Å². The Morgan fingerprint density at radius 3 is 2.31 bits per heavy atom. The zero-order valence-corrected chi connectivity index (χ0v) is 17.8. The first kappa shape index (κ1) is 20.9. The Hall–Kier alpha value is -2.80. The molecular formula is C22H23NO5S. The first-order valence-corrected chi connectivity index (χ1v) is 9.93. The molecule has 29 heavy (non-hydrogen) atoms. The van der Waals surface area contributed by atoms with Crippen LogP contribution in [0.15, 0.2) is 53.4 Å². The molecule has 0 aromatic heterocycles. The molecule has 1 atom stereocenters. The van der Waals surface area contributed by atoms with Gasteiger partial charge in [-0.25, -0.2) is 9.69 Å². The van der Waals surface area contributed by atoms with Gasteiger partial charge in [-0.2, -0.15) is 0 Å². The molecule has 2 aromatic carbocycles. The fraction of sp³-hybridized carbons (Fsp3) is 0.318. The minimum atomic E-state index is -1.09. The van der Waals surface area contributed by atoms with Gasteiger partial charge in [-0.1, -0.05) is 18.2 Å². The van der Waals surface area contributed by atoms with Crippen LogP contribution in [0.25, 0.3) is 0 Å². The molecule has 1 heterocycles. The zero-order valence-electron chi connectivity index (χ0n) is 17.0. The number of fused-ring (bicyclic) bond motifs is 1. The molecule has 6 nitrogen and oxygen atoms in total. The highest BCUT2D eigenvalue weighted by Gasteiger charge is 2.51. The molecule has 2 amide bonds. The van der Waals surface area contributed by atoms with Crippen molar-refractivity contribution >= 4 is 35.4 Å². The van der Waals surface area contributed by atoms with Crippen molar-refractivity contribution < 1.29 is 23.9 Å². The quantitative estimate of drug-likeness (QED) is 0.534. The van der Waals surface area contributed by atoms with E-state index in [0.29, 0.717) is 17.0 Å². The molecule has 0 saturated heterocycles. The molecule has 0 N–H and O–H groups in total. The van der Waals surface area contributed by atoms with Crippen molar-refractivity contribution in [2.75, 3.05) is 12.0 Å². The highest BCUT2D eigenvalue weighted by Crippen LogP contribution is 2.52. The predicted molar refractivity (Wildman–Crippen MR) is 111 cm³/mol. The number of esters is 1. The van der Waals surface area contributed by atoms with Gasteiger partial charge in [0.1, 0.15) is 10.5 Å². The number of anilines is 1. The average Bonchev–Trinajstić information content (AvgIpc) is 2.88. The van der Waals surface area contributed by atoms with Crippen molar-refractivity contribution in [3.05, 3.63) is 54.1 Å².